The summed E-state index contributed by atoms with van der Waals surface area (Å²) in [5, 5.41) is 0. The number of alkyl halides is 2. The zero-order valence-electron chi connectivity index (χ0n) is 35.6. The molecule has 0 nitrogen and oxygen atoms in total. The summed E-state index contributed by atoms with van der Waals surface area (Å²) in [6, 6.07) is 39.4. The van der Waals surface area contributed by atoms with Gasteiger partial charge >= 0.3 is 320 Å². The van der Waals surface area contributed by atoms with Crippen molar-refractivity contribution in [3.63, 3.8) is 0 Å². The standard InChI is InChI=1S/C55H67I/c1-9-21-45(25-16-12-15-24-42-22-13-11-14-23-42)53-48-28-19-17-26-46(48)40(5)52(53)49-29-20-18-27-47(49)41(6)56-37-35-51-54(7,38-56)36-34-50(55(51,8)10-2)44-32-30-43(31-33-44)39(3)4/h11,13-14,17-20,22-23,26-35,39,45,53H,6,9-10,12,15-16,21,24-25,36-38H2,1-5,7-8H3/t45?,53?,54-,55?/m1/s1. The number of halogens is 1. The van der Waals surface area contributed by atoms with Gasteiger partial charge in [0.25, 0.3) is 0 Å². The molecule has 4 atom stereocenters. The molecule has 4 aromatic carbocycles. The van der Waals surface area contributed by atoms with Crippen LogP contribution in [0.4, 0.5) is 0 Å². The minimum atomic E-state index is -1.62. The average molecular weight is 855 g/mol. The first-order chi connectivity index (χ1) is 27.1. The Labute approximate surface area is 348 Å². The fourth-order valence-corrected chi connectivity index (χ4v) is 17.0. The Morgan fingerprint density at radius 2 is 1.48 bits per heavy atom. The second-order valence-electron chi connectivity index (χ2n) is 17.9. The fourth-order valence-electron chi connectivity index (χ4n) is 10.7. The number of hydrogen-bond acceptors (Lipinski definition) is 0. The van der Waals surface area contributed by atoms with Crippen LogP contribution in [0.1, 0.15) is 151 Å². The first-order valence-electron chi connectivity index (χ1n) is 21.9. The van der Waals surface area contributed by atoms with Crippen molar-refractivity contribution in [2.45, 2.75) is 118 Å². The summed E-state index contributed by atoms with van der Waals surface area (Å²) in [5.41, 5.74) is 16.8. The van der Waals surface area contributed by atoms with Crippen LogP contribution in [0.3, 0.4) is 0 Å². The van der Waals surface area contributed by atoms with Gasteiger partial charge in [-0.15, -0.1) is 0 Å². The molecular formula is C55H67I. The molecule has 0 fully saturated rings. The maximum atomic E-state index is 5.07. The van der Waals surface area contributed by atoms with Crippen LogP contribution in [0, 0.1) is 16.7 Å². The monoisotopic (exact) mass is 854 g/mol. The van der Waals surface area contributed by atoms with Gasteiger partial charge in [0.05, 0.1) is 0 Å². The van der Waals surface area contributed by atoms with Crippen molar-refractivity contribution in [3.05, 3.63) is 166 Å². The zero-order chi connectivity index (χ0) is 39.5. The van der Waals surface area contributed by atoms with Crippen molar-refractivity contribution in [2.24, 2.45) is 16.7 Å². The molecule has 0 N–H and O–H groups in total. The van der Waals surface area contributed by atoms with Crippen molar-refractivity contribution in [2.75, 3.05) is 8.86 Å². The summed E-state index contributed by atoms with van der Waals surface area (Å²) in [6.07, 6.45) is 16.5. The normalized spacial score (nSPS) is 23.1. The van der Waals surface area contributed by atoms with Crippen LogP contribution in [0.2, 0.25) is 0 Å². The average Bonchev–Trinajstić information content (AvgIpc) is 3.51. The van der Waals surface area contributed by atoms with E-state index in [9.17, 15) is 0 Å². The molecule has 294 valence electrons. The van der Waals surface area contributed by atoms with E-state index in [4.69, 9.17) is 6.58 Å². The third kappa shape index (κ3) is 8.01. The maximum absolute atomic E-state index is 5.07. The number of benzene rings is 4. The van der Waals surface area contributed by atoms with Crippen LogP contribution in [0.25, 0.3) is 20.3 Å². The predicted octanol–water partition coefficient (Wildman–Crippen LogP) is 16.4. The molecule has 1 heterocycles. The molecule has 0 saturated heterocycles. The van der Waals surface area contributed by atoms with E-state index in [1.807, 2.05) is 0 Å². The van der Waals surface area contributed by atoms with Gasteiger partial charge in [0.1, 0.15) is 0 Å². The van der Waals surface area contributed by atoms with Gasteiger partial charge in [-0.05, 0) is 0 Å². The van der Waals surface area contributed by atoms with Gasteiger partial charge < -0.3 is 0 Å². The molecule has 56 heavy (non-hydrogen) atoms. The molecule has 7 rings (SSSR count). The van der Waals surface area contributed by atoms with E-state index in [1.165, 1.54) is 102 Å². The molecule has 0 saturated carbocycles. The Bertz CT molecular complexity index is 2090. The third-order valence-corrected chi connectivity index (χ3v) is 20.4. The summed E-state index contributed by atoms with van der Waals surface area (Å²) in [6.45, 7) is 22.0. The van der Waals surface area contributed by atoms with E-state index in [1.54, 1.807) is 16.7 Å². The zero-order valence-corrected chi connectivity index (χ0v) is 37.7. The number of fused-ring (bicyclic) bond motifs is 2. The van der Waals surface area contributed by atoms with Crippen LogP contribution in [-0.4, -0.2) is 8.86 Å². The summed E-state index contributed by atoms with van der Waals surface area (Å²) in [4.78, 5) is 0. The summed E-state index contributed by atoms with van der Waals surface area (Å²) in [7, 11) is 0. The SMILES string of the molecule is C=C(c1ccccc1C1=C(C)c2ccccc2C1C(CCC)CCCCCc1ccccc1)I1CC=C2C(C)(CC)C(c3ccc(C(C)C)cc3)=CC[C@]2(C)C1. The molecule has 0 bridgehead atoms. The molecule has 1 heteroatoms. The van der Waals surface area contributed by atoms with E-state index in [2.05, 4.69) is 164 Å². The Morgan fingerprint density at radius 3 is 2.20 bits per heavy atom. The number of hydrogen-bond donors (Lipinski definition) is 0. The van der Waals surface area contributed by atoms with Gasteiger partial charge in [-0.1, -0.05) is 30.3 Å². The molecule has 0 radical (unpaired) electrons. The Kier molecular flexibility index (Phi) is 12.8. The van der Waals surface area contributed by atoms with Gasteiger partial charge in [-0.2, -0.15) is 0 Å². The third-order valence-electron chi connectivity index (χ3n) is 13.9. The quantitative estimate of drug-likeness (QED) is 0.0484. The van der Waals surface area contributed by atoms with Crippen molar-refractivity contribution >= 4 is 40.1 Å². The molecular weight excluding hydrogens is 788 g/mol. The Balaban J connectivity index is 1.15. The van der Waals surface area contributed by atoms with Crippen LogP contribution in [-0.2, 0) is 6.42 Å². The molecule has 0 amide bonds. The second-order valence-corrected chi connectivity index (χ2v) is 23.4. The second kappa shape index (κ2) is 17.6. The number of unbranched alkanes of at least 4 members (excludes halogenated alkanes) is 2. The van der Waals surface area contributed by atoms with E-state index < -0.39 is 19.8 Å². The van der Waals surface area contributed by atoms with Crippen LogP contribution in [0.5, 0.6) is 0 Å². The van der Waals surface area contributed by atoms with E-state index in [0.717, 1.165) is 12.8 Å². The van der Waals surface area contributed by atoms with Gasteiger partial charge in [0.15, 0.2) is 0 Å². The molecule has 3 unspecified atom stereocenters. The first kappa shape index (κ1) is 40.8. The summed E-state index contributed by atoms with van der Waals surface area (Å²) >= 11 is -1.62. The molecule has 0 aromatic heterocycles. The van der Waals surface area contributed by atoms with Gasteiger partial charge in [-0.3, -0.25) is 0 Å². The fraction of sp³-hybridized carbons (Fsp3) is 0.418. The Morgan fingerprint density at radius 1 is 0.786 bits per heavy atom. The van der Waals surface area contributed by atoms with Crippen molar-refractivity contribution < 1.29 is 0 Å². The molecule has 3 aliphatic rings. The molecule has 2 aliphatic carbocycles. The number of rotatable bonds is 15. The minimum absolute atomic E-state index is 0.0639. The van der Waals surface area contributed by atoms with Crippen LogP contribution in [0.15, 0.2) is 127 Å². The van der Waals surface area contributed by atoms with Crippen molar-refractivity contribution in [1.82, 2.24) is 0 Å². The first-order valence-corrected chi connectivity index (χ1v) is 26.0. The van der Waals surface area contributed by atoms with Gasteiger partial charge in [-0.25, -0.2) is 0 Å². The number of allylic oxidation sites excluding steroid dienone is 6. The van der Waals surface area contributed by atoms with Gasteiger partial charge in [0.2, 0.25) is 0 Å². The van der Waals surface area contributed by atoms with Crippen molar-refractivity contribution in [1.29, 1.82) is 0 Å². The van der Waals surface area contributed by atoms with Crippen molar-refractivity contribution in [3.8, 4) is 0 Å². The van der Waals surface area contributed by atoms with Crippen LogP contribution < -0.4 is 0 Å². The summed E-state index contributed by atoms with van der Waals surface area (Å²) in [5.74, 6) is 1.64. The number of aryl methyl sites for hydroxylation is 1. The van der Waals surface area contributed by atoms with E-state index >= 15 is 0 Å². The summed E-state index contributed by atoms with van der Waals surface area (Å²) < 4.78 is 4.02. The topological polar surface area (TPSA) is 0 Å². The predicted molar refractivity (Wildman–Crippen MR) is 256 cm³/mol. The molecule has 0 spiro atoms. The molecule has 4 aromatic rings. The van der Waals surface area contributed by atoms with Crippen LogP contribution >= 0.6 is 19.8 Å². The van der Waals surface area contributed by atoms with E-state index in [0.29, 0.717) is 17.8 Å². The van der Waals surface area contributed by atoms with E-state index in [-0.39, 0.29) is 10.8 Å². The van der Waals surface area contributed by atoms with Gasteiger partial charge in [0, 0.05) is 0 Å². The Hall–Kier alpha value is -3.43. The molecule has 1 aliphatic heterocycles.